The zero-order valence-electron chi connectivity index (χ0n) is 34.5. The molecule has 0 aliphatic carbocycles. The van der Waals surface area contributed by atoms with Gasteiger partial charge >= 0.3 is 19.8 Å². The quantitative estimate of drug-likeness (QED) is 0.0219. The molecule has 0 spiro atoms. The normalized spacial score (nSPS) is 14.2. The average molecular weight is 769 g/mol. The van der Waals surface area contributed by atoms with E-state index in [0.717, 1.165) is 64.2 Å². The number of rotatable bonds is 37. The largest absolute Gasteiger partial charge is 0.472 e. The van der Waals surface area contributed by atoms with E-state index in [4.69, 9.17) is 18.5 Å². The van der Waals surface area contributed by atoms with Gasteiger partial charge < -0.3 is 18.9 Å². The minimum atomic E-state index is -4.38. The Hall–Kier alpha value is -2.03. The lowest BCUT2D eigenvalue weighted by molar-refractivity contribution is -0.870. The van der Waals surface area contributed by atoms with Crippen molar-refractivity contribution in [3.05, 3.63) is 48.6 Å². The van der Waals surface area contributed by atoms with Gasteiger partial charge in [-0.05, 0) is 77.0 Å². The summed E-state index contributed by atoms with van der Waals surface area (Å²) < 4.78 is 34.2. The van der Waals surface area contributed by atoms with Gasteiger partial charge in [-0.1, -0.05) is 120 Å². The third-order valence-electron chi connectivity index (χ3n) is 8.58. The van der Waals surface area contributed by atoms with Crippen LogP contribution in [0, 0.1) is 0 Å². The standard InChI is InChI=1S/C43H78NO8P/c1-6-8-10-12-14-16-18-20-22-24-25-27-29-31-33-35-42(45)49-39-41(40-51-53(47,48)50-38-37-44(3,4)5)52-43(46)36-34-32-30-28-26-23-21-19-17-15-13-11-9-7-2/h14,16,19-22,25,27,41H,6-13,15,17-18,23-24,26,28-40H2,1-5H3/p+1/b16-14-,21-19-,22-20-,27-25-/t41-/m1/s1. The van der Waals surface area contributed by atoms with Crippen LogP contribution < -0.4 is 0 Å². The van der Waals surface area contributed by atoms with Gasteiger partial charge in [0.2, 0.25) is 0 Å². The molecule has 0 saturated heterocycles. The molecule has 0 aliphatic heterocycles. The Bertz CT molecular complexity index is 1050. The number of unbranched alkanes of at least 4 members (excludes halogenated alkanes) is 15. The highest BCUT2D eigenvalue weighted by Crippen LogP contribution is 2.43. The van der Waals surface area contributed by atoms with Crippen molar-refractivity contribution in [2.75, 3.05) is 47.5 Å². The van der Waals surface area contributed by atoms with Crippen LogP contribution in [-0.4, -0.2) is 74.9 Å². The van der Waals surface area contributed by atoms with E-state index in [-0.39, 0.29) is 26.1 Å². The molecule has 10 heteroatoms. The fourth-order valence-corrected chi connectivity index (χ4v) is 5.99. The van der Waals surface area contributed by atoms with Crippen molar-refractivity contribution in [1.29, 1.82) is 0 Å². The second-order valence-electron chi connectivity index (χ2n) is 15.0. The van der Waals surface area contributed by atoms with E-state index in [1.807, 2.05) is 21.1 Å². The summed E-state index contributed by atoms with van der Waals surface area (Å²) >= 11 is 0. The molecule has 0 heterocycles. The van der Waals surface area contributed by atoms with E-state index in [1.165, 1.54) is 57.8 Å². The maximum atomic E-state index is 12.6. The van der Waals surface area contributed by atoms with Crippen molar-refractivity contribution in [2.45, 2.75) is 168 Å². The van der Waals surface area contributed by atoms with Gasteiger partial charge in [-0.3, -0.25) is 18.6 Å². The van der Waals surface area contributed by atoms with Crippen molar-refractivity contribution >= 4 is 19.8 Å². The monoisotopic (exact) mass is 769 g/mol. The van der Waals surface area contributed by atoms with Crippen LogP contribution in [0.5, 0.6) is 0 Å². The molecule has 1 unspecified atom stereocenters. The van der Waals surface area contributed by atoms with Gasteiger partial charge in [-0.2, -0.15) is 0 Å². The van der Waals surface area contributed by atoms with Crippen molar-refractivity contribution < 1.29 is 42.1 Å². The number of quaternary nitrogens is 1. The van der Waals surface area contributed by atoms with Gasteiger partial charge in [0, 0.05) is 12.8 Å². The topological polar surface area (TPSA) is 108 Å². The van der Waals surface area contributed by atoms with Gasteiger partial charge in [-0.15, -0.1) is 0 Å². The van der Waals surface area contributed by atoms with Crippen LogP contribution in [0.15, 0.2) is 48.6 Å². The highest BCUT2D eigenvalue weighted by atomic mass is 31.2. The molecule has 1 N–H and O–H groups in total. The second kappa shape index (κ2) is 35.7. The van der Waals surface area contributed by atoms with Crippen LogP contribution in [0.2, 0.25) is 0 Å². The van der Waals surface area contributed by atoms with E-state index in [2.05, 4.69) is 62.5 Å². The predicted octanol–water partition coefficient (Wildman–Crippen LogP) is 11.5. The summed E-state index contributed by atoms with van der Waals surface area (Å²) in [4.78, 5) is 35.3. The molecule has 2 atom stereocenters. The molecule has 0 aliphatic rings. The smallest absolute Gasteiger partial charge is 0.462 e. The van der Waals surface area contributed by atoms with E-state index in [1.54, 1.807) is 0 Å². The number of carbonyl (C=O) groups is 2. The first-order valence-corrected chi connectivity index (χ1v) is 22.4. The number of likely N-dealkylation sites (N-methyl/N-ethyl adjacent to an activating group) is 1. The van der Waals surface area contributed by atoms with Crippen LogP contribution in [0.25, 0.3) is 0 Å². The number of hydrogen-bond donors (Lipinski definition) is 1. The number of nitrogens with zero attached hydrogens (tertiary/aromatic N) is 1. The summed E-state index contributed by atoms with van der Waals surface area (Å²) in [5.74, 6) is -0.857. The van der Waals surface area contributed by atoms with Gasteiger partial charge in [0.15, 0.2) is 6.10 Å². The van der Waals surface area contributed by atoms with E-state index >= 15 is 0 Å². The van der Waals surface area contributed by atoms with E-state index < -0.39 is 32.5 Å². The molecular weight excluding hydrogens is 689 g/mol. The zero-order chi connectivity index (χ0) is 39.3. The Morgan fingerprint density at radius 3 is 1.60 bits per heavy atom. The molecular formula is C43H79NO8P+. The fraction of sp³-hybridized carbons (Fsp3) is 0.767. The zero-order valence-corrected chi connectivity index (χ0v) is 35.4. The Labute approximate surface area is 324 Å². The van der Waals surface area contributed by atoms with Crippen LogP contribution in [-0.2, 0) is 32.7 Å². The van der Waals surface area contributed by atoms with Crippen LogP contribution in [0.1, 0.15) is 162 Å². The molecule has 0 rings (SSSR count). The third-order valence-corrected chi connectivity index (χ3v) is 9.57. The first-order valence-electron chi connectivity index (χ1n) is 20.9. The van der Waals surface area contributed by atoms with Gasteiger partial charge in [0.1, 0.15) is 19.8 Å². The van der Waals surface area contributed by atoms with Gasteiger partial charge in [-0.25, -0.2) is 4.57 Å². The Balaban J connectivity index is 4.48. The highest BCUT2D eigenvalue weighted by molar-refractivity contribution is 7.47. The summed E-state index contributed by atoms with van der Waals surface area (Å²) in [6, 6.07) is 0. The number of phosphoric ester groups is 1. The Morgan fingerprint density at radius 1 is 0.585 bits per heavy atom. The van der Waals surface area contributed by atoms with Crippen LogP contribution in [0.4, 0.5) is 0 Å². The molecule has 0 bridgehead atoms. The Morgan fingerprint density at radius 2 is 1.02 bits per heavy atom. The molecule has 0 aromatic heterocycles. The van der Waals surface area contributed by atoms with Gasteiger partial charge in [0.05, 0.1) is 27.7 Å². The Kier molecular flexibility index (Phi) is 34.3. The SMILES string of the molecule is CCCCC/C=C\C/C=C\C/C=C\CCCCC(=O)OC[C@H](COP(=O)(O)OCC[N+](C)(C)C)OC(=O)CCCCCCC/C=C\CCCCCCC. The summed E-state index contributed by atoms with van der Waals surface area (Å²) in [6.45, 7) is 4.31. The number of phosphoric acid groups is 1. The highest BCUT2D eigenvalue weighted by Gasteiger charge is 2.27. The van der Waals surface area contributed by atoms with Crippen molar-refractivity contribution in [3.8, 4) is 0 Å². The molecule has 0 radical (unpaired) electrons. The number of allylic oxidation sites excluding steroid dienone is 8. The molecule has 9 nitrogen and oxygen atoms in total. The summed E-state index contributed by atoms with van der Waals surface area (Å²) in [5, 5.41) is 0. The number of carbonyl (C=O) groups excluding carboxylic acids is 2. The predicted molar refractivity (Wildman–Crippen MR) is 220 cm³/mol. The molecule has 53 heavy (non-hydrogen) atoms. The number of hydrogen-bond acceptors (Lipinski definition) is 7. The second-order valence-corrected chi connectivity index (χ2v) is 16.5. The molecule has 0 amide bonds. The summed E-state index contributed by atoms with van der Waals surface area (Å²) in [6.07, 6.45) is 40.1. The van der Waals surface area contributed by atoms with Crippen LogP contribution in [0.3, 0.4) is 0 Å². The number of ether oxygens (including phenoxy) is 2. The maximum Gasteiger partial charge on any atom is 0.472 e. The first-order chi connectivity index (χ1) is 25.5. The molecule has 0 aromatic rings. The minimum absolute atomic E-state index is 0.0227. The summed E-state index contributed by atoms with van der Waals surface area (Å²) in [5.41, 5.74) is 0. The van der Waals surface area contributed by atoms with Crippen molar-refractivity contribution in [2.24, 2.45) is 0 Å². The number of esters is 2. The average Bonchev–Trinajstić information content (AvgIpc) is 3.10. The van der Waals surface area contributed by atoms with Crippen molar-refractivity contribution in [3.63, 3.8) is 0 Å². The lowest BCUT2D eigenvalue weighted by Gasteiger charge is -2.24. The molecule has 0 saturated carbocycles. The van der Waals surface area contributed by atoms with E-state index in [9.17, 15) is 19.0 Å². The lowest BCUT2D eigenvalue weighted by atomic mass is 10.1. The van der Waals surface area contributed by atoms with Crippen molar-refractivity contribution in [1.82, 2.24) is 0 Å². The van der Waals surface area contributed by atoms with Crippen LogP contribution >= 0.6 is 7.82 Å². The van der Waals surface area contributed by atoms with E-state index in [0.29, 0.717) is 23.9 Å². The fourth-order valence-electron chi connectivity index (χ4n) is 5.25. The summed E-state index contributed by atoms with van der Waals surface area (Å²) in [7, 11) is 1.44. The molecule has 0 fully saturated rings. The minimum Gasteiger partial charge on any atom is -0.462 e. The molecule has 0 aromatic carbocycles. The lowest BCUT2D eigenvalue weighted by Crippen LogP contribution is -2.37. The maximum absolute atomic E-state index is 12.6. The first kappa shape index (κ1) is 51.0. The molecule has 308 valence electrons. The van der Waals surface area contributed by atoms with Gasteiger partial charge in [0.25, 0.3) is 0 Å². The third kappa shape index (κ3) is 39.5.